The van der Waals surface area contributed by atoms with Gasteiger partial charge in [-0.25, -0.2) is 4.98 Å². The quantitative estimate of drug-likeness (QED) is 0.839. The van der Waals surface area contributed by atoms with Gasteiger partial charge in [0.1, 0.15) is 5.75 Å². The van der Waals surface area contributed by atoms with E-state index < -0.39 is 6.36 Å². The lowest BCUT2D eigenvalue weighted by atomic mass is 10.1. The molecule has 6 heteroatoms. The molecule has 2 aromatic rings. The Bertz CT molecular complexity index is 464. The second-order valence-corrected chi connectivity index (χ2v) is 4.27. The van der Waals surface area contributed by atoms with Crippen LogP contribution >= 0.6 is 11.3 Å². The maximum absolute atomic E-state index is 11.9. The van der Waals surface area contributed by atoms with E-state index in [-0.39, 0.29) is 5.75 Å². The number of aromatic nitrogens is 1. The van der Waals surface area contributed by atoms with Gasteiger partial charge in [-0.15, -0.1) is 24.5 Å². The average molecular weight is 259 g/mol. The van der Waals surface area contributed by atoms with Crippen molar-refractivity contribution in [2.75, 3.05) is 0 Å². The van der Waals surface area contributed by atoms with E-state index >= 15 is 0 Å². The lowest BCUT2D eigenvalue weighted by Crippen LogP contribution is -2.17. The topological polar surface area (TPSA) is 22.1 Å². The van der Waals surface area contributed by atoms with Gasteiger partial charge in [-0.2, -0.15) is 0 Å². The highest BCUT2D eigenvalue weighted by molar-refractivity contribution is 7.09. The van der Waals surface area contributed by atoms with Crippen molar-refractivity contribution in [3.63, 3.8) is 0 Å². The van der Waals surface area contributed by atoms with Crippen LogP contribution in [0, 0.1) is 0 Å². The van der Waals surface area contributed by atoms with Gasteiger partial charge in [-0.1, -0.05) is 12.1 Å². The summed E-state index contributed by atoms with van der Waals surface area (Å²) in [6.45, 7) is 0. The second-order valence-electron chi connectivity index (χ2n) is 3.29. The minimum Gasteiger partial charge on any atom is -0.406 e. The van der Waals surface area contributed by atoms with Crippen molar-refractivity contribution in [3.05, 3.63) is 46.4 Å². The maximum atomic E-state index is 11.9. The number of ether oxygens (including phenoxy) is 1. The van der Waals surface area contributed by atoms with Crippen molar-refractivity contribution in [1.29, 1.82) is 0 Å². The molecule has 1 aromatic heterocycles. The molecule has 0 radical (unpaired) electrons. The molecule has 1 aromatic carbocycles. The number of hydrogen-bond acceptors (Lipinski definition) is 3. The minimum atomic E-state index is -4.64. The predicted octanol–water partition coefficient (Wildman–Crippen LogP) is 3.63. The molecule has 0 fully saturated rings. The summed E-state index contributed by atoms with van der Waals surface area (Å²) in [7, 11) is 0. The lowest BCUT2D eigenvalue weighted by molar-refractivity contribution is -0.274. The minimum absolute atomic E-state index is 0.208. The summed E-state index contributed by atoms with van der Waals surface area (Å²) in [4.78, 5) is 4.10. The molecule has 0 unspecified atom stereocenters. The third kappa shape index (κ3) is 3.74. The van der Waals surface area contributed by atoms with Crippen molar-refractivity contribution in [2.24, 2.45) is 0 Å². The summed E-state index contributed by atoms with van der Waals surface area (Å²) < 4.78 is 39.5. The van der Waals surface area contributed by atoms with Crippen molar-refractivity contribution >= 4 is 11.3 Å². The van der Waals surface area contributed by atoms with E-state index in [1.165, 1.54) is 23.5 Å². The number of alkyl halides is 3. The normalized spacial score (nSPS) is 11.5. The van der Waals surface area contributed by atoms with Gasteiger partial charge < -0.3 is 4.74 Å². The zero-order chi connectivity index (χ0) is 12.3. The van der Waals surface area contributed by atoms with Crippen molar-refractivity contribution in [3.8, 4) is 5.75 Å². The molecule has 0 saturated heterocycles. The zero-order valence-electron chi connectivity index (χ0n) is 8.57. The Morgan fingerprint density at radius 3 is 2.41 bits per heavy atom. The standard InChI is InChI=1S/C11H8F3NOS/c12-11(13,14)16-9-3-1-8(2-4-9)7-10-15-5-6-17-10/h1-6H,7H2. The largest absolute Gasteiger partial charge is 0.573 e. The first-order chi connectivity index (χ1) is 8.03. The highest BCUT2D eigenvalue weighted by Crippen LogP contribution is 2.23. The molecule has 0 saturated carbocycles. The predicted molar refractivity (Wildman–Crippen MR) is 58.0 cm³/mol. The SMILES string of the molecule is FC(F)(F)Oc1ccc(Cc2nccs2)cc1. The van der Waals surface area contributed by atoms with Gasteiger partial charge in [0.15, 0.2) is 0 Å². The van der Waals surface area contributed by atoms with Gasteiger partial charge >= 0.3 is 6.36 Å². The van der Waals surface area contributed by atoms with Crippen LogP contribution in [0.2, 0.25) is 0 Å². The highest BCUT2D eigenvalue weighted by atomic mass is 32.1. The van der Waals surface area contributed by atoms with Crippen LogP contribution in [0.1, 0.15) is 10.6 Å². The number of hydrogen-bond donors (Lipinski definition) is 0. The first-order valence-corrected chi connectivity index (χ1v) is 5.64. The summed E-state index contributed by atoms with van der Waals surface area (Å²) in [6, 6.07) is 5.80. The van der Waals surface area contributed by atoms with E-state index in [4.69, 9.17) is 0 Å². The lowest BCUT2D eigenvalue weighted by Gasteiger charge is -2.08. The summed E-state index contributed by atoms with van der Waals surface area (Å²) in [6.07, 6.45) is -2.33. The molecule has 0 atom stereocenters. The molecule has 17 heavy (non-hydrogen) atoms. The zero-order valence-corrected chi connectivity index (χ0v) is 9.39. The van der Waals surface area contributed by atoms with E-state index in [0.29, 0.717) is 6.42 Å². The summed E-state index contributed by atoms with van der Waals surface area (Å²) in [5.74, 6) is -0.208. The smallest absolute Gasteiger partial charge is 0.406 e. The van der Waals surface area contributed by atoms with Crippen molar-refractivity contribution in [1.82, 2.24) is 4.98 Å². The molecule has 0 aliphatic rings. The van der Waals surface area contributed by atoms with Crippen molar-refractivity contribution in [2.45, 2.75) is 12.8 Å². The van der Waals surface area contributed by atoms with Crippen LogP contribution in [-0.4, -0.2) is 11.3 Å². The van der Waals surface area contributed by atoms with Crippen molar-refractivity contribution < 1.29 is 17.9 Å². The summed E-state index contributed by atoms with van der Waals surface area (Å²) >= 11 is 1.51. The Kier molecular flexibility index (Phi) is 3.33. The first kappa shape index (κ1) is 11.9. The third-order valence-corrected chi connectivity index (χ3v) is 2.78. The van der Waals surface area contributed by atoms with Gasteiger partial charge in [0, 0.05) is 18.0 Å². The third-order valence-electron chi connectivity index (χ3n) is 2.00. The Hall–Kier alpha value is -1.56. The molecule has 2 rings (SSSR count). The summed E-state index contributed by atoms with van der Waals surface area (Å²) in [5.41, 5.74) is 0.898. The Balaban J connectivity index is 2.03. The fourth-order valence-corrected chi connectivity index (χ4v) is 1.97. The molecule has 0 N–H and O–H groups in total. The highest BCUT2D eigenvalue weighted by Gasteiger charge is 2.30. The Morgan fingerprint density at radius 1 is 1.18 bits per heavy atom. The van der Waals surface area contributed by atoms with Crippen LogP contribution in [0.15, 0.2) is 35.8 Å². The first-order valence-electron chi connectivity index (χ1n) is 4.76. The molecule has 0 bridgehead atoms. The van der Waals surface area contributed by atoms with Crippen LogP contribution in [0.25, 0.3) is 0 Å². The van der Waals surface area contributed by atoms with E-state index in [2.05, 4.69) is 9.72 Å². The van der Waals surface area contributed by atoms with Crippen LogP contribution < -0.4 is 4.74 Å². The molecule has 90 valence electrons. The van der Waals surface area contributed by atoms with E-state index in [1.807, 2.05) is 5.38 Å². The Morgan fingerprint density at radius 2 is 1.88 bits per heavy atom. The number of nitrogens with zero attached hydrogens (tertiary/aromatic N) is 1. The molecule has 0 aliphatic carbocycles. The number of thiazole rings is 1. The molecule has 0 amide bonds. The van der Waals surface area contributed by atoms with Crippen LogP contribution in [-0.2, 0) is 6.42 Å². The molecule has 1 heterocycles. The Labute approximate surface area is 99.7 Å². The van der Waals surface area contributed by atoms with Gasteiger partial charge in [-0.05, 0) is 17.7 Å². The van der Waals surface area contributed by atoms with Crippen LogP contribution in [0.5, 0.6) is 5.75 Å². The van der Waals surface area contributed by atoms with Gasteiger partial charge in [0.25, 0.3) is 0 Å². The van der Waals surface area contributed by atoms with Gasteiger partial charge in [0.05, 0.1) is 5.01 Å². The fraction of sp³-hybridized carbons (Fsp3) is 0.182. The molecule has 0 aliphatic heterocycles. The molecular formula is C11H8F3NOS. The van der Waals surface area contributed by atoms with Crippen LogP contribution in [0.4, 0.5) is 13.2 Å². The number of rotatable bonds is 3. The number of benzene rings is 1. The van der Waals surface area contributed by atoms with E-state index in [1.54, 1.807) is 18.3 Å². The molecule has 2 nitrogen and oxygen atoms in total. The van der Waals surface area contributed by atoms with Gasteiger partial charge in [0.2, 0.25) is 0 Å². The van der Waals surface area contributed by atoms with E-state index in [9.17, 15) is 13.2 Å². The maximum Gasteiger partial charge on any atom is 0.573 e. The average Bonchev–Trinajstić information content (AvgIpc) is 2.71. The van der Waals surface area contributed by atoms with Gasteiger partial charge in [-0.3, -0.25) is 0 Å². The second kappa shape index (κ2) is 4.75. The summed E-state index contributed by atoms with van der Waals surface area (Å²) in [5, 5.41) is 2.78. The van der Waals surface area contributed by atoms with Crippen LogP contribution in [0.3, 0.4) is 0 Å². The fourth-order valence-electron chi connectivity index (χ4n) is 1.32. The monoisotopic (exact) mass is 259 g/mol. The number of halogens is 3. The van der Waals surface area contributed by atoms with E-state index in [0.717, 1.165) is 10.6 Å². The molecular weight excluding hydrogens is 251 g/mol. The molecule has 0 spiro atoms.